The van der Waals surface area contributed by atoms with Crippen LogP contribution in [-0.2, 0) is 9.53 Å². The first kappa shape index (κ1) is 13.5. The Bertz CT molecular complexity index is 257. The molecule has 0 heterocycles. The second kappa shape index (κ2) is 4.36. The molecular formula is C13H25NO2. The number of nitrogens with one attached hydrogen (secondary N) is 1. The normalized spacial score (nSPS) is 23.9. The molecule has 3 heteroatoms. The lowest BCUT2D eigenvalue weighted by Gasteiger charge is -2.13. The topological polar surface area (TPSA) is 38.3 Å². The van der Waals surface area contributed by atoms with E-state index < -0.39 is 0 Å². The van der Waals surface area contributed by atoms with Gasteiger partial charge < -0.3 is 10.1 Å². The third-order valence-corrected chi connectivity index (χ3v) is 4.69. The molecular weight excluding hydrogens is 202 g/mol. The zero-order chi connectivity index (χ0) is 12.6. The fraction of sp³-hybridized carbons (Fsp3) is 0.923. The molecule has 1 rings (SSSR count). The second-order valence-electron chi connectivity index (χ2n) is 6.09. The number of methoxy groups -OCH3 is 1. The summed E-state index contributed by atoms with van der Waals surface area (Å²) < 4.78 is 4.65. The van der Waals surface area contributed by atoms with Gasteiger partial charge in [-0.2, -0.15) is 0 Å². The number of rotatable bonds is 5. The fourth-order valence-electron chi connectivity index (χ4n) is 2.57. The van der Waals surface area contributed by atoms with E-state index in [1.807, 2.05) is 6.92 Å². The third-order valence-electron chi connectivity index (χ3n) is 4.69. The van der Waals surface area contributed by atoms with Crippen LogP contribution < -0.4 is 5.32 Å². The van der Waals surface area contributed by atoms with Crippen molar-refractivity contribution >= 4 is 5.97 Å². The van der Waals surface area contributed by atoms with Gasteiger partial charge in [-0.25, -0.2) is 0 Å². The van der Waals surface area contributed by atoms with E-state index >= 15 is 0 Å². The van der Waals surface area contributed by atoms with Crippen LogP contribution in [0, 0.1) is 16.7 Å². The van der Waals surface area contributed by atoms with Crippen LogP contribution in [-0.4, -0.2) is 25.7 Å². The van der Waals surface area contributed by atoms with Gasteiger partial charge in [0.1, 0.15) is 0 Å². The highest BCUT2D eigenvalue weighted by atomic mass is 16.5. The summed E-state index contributed by atoms with van der Waals surface area (Å²) in [7, 11) is 1.43. The summed E-state index contributed by atoms with van der Waals surface area (Å²) in [6.07, 6.45) is 0.448. The molecule has 0 aliphatic heterocycles. The fourth-order valence-corrected chi connectivity index (χ4v) is 2.57. The predicted octanol–water partition coefficient (Wildman–Crippen LogP) is 2.21. The van der Waals surface area contributed by atoms with Crippen molar-refractivity contribution in [2.75, 3.05) is 13.7 Å². The van der Waals surface area contributed by atoms with Gasteiger partial charge in [0.2, 0.25) is 0 Å². The van der Waals surface area contributed by atoms with Gasteiger partial charge in [0.25, 0.3) is 0 Å². The van der Waals surface area contributed by atoms with Gasteiger partial charge in [-0.1, -0.05) is 27.7 Å². The van der Waals surface area contributed by atoms with Crippen molar-refractivity contribution < 1.29 is 9.53 Å². The van der Waals surface area contributed by atoms with Crippen molar-refractivity contribution in [3.8, 4) is 0 Å². The minimum absolute atomic E-state index is 0.144. The van der Waals surface area contributed by atoms with Gasteiger partial charge >= 0.3 is 5.97 Å². The largest absolute Gasteiger partial charge is 0.469 e. The van der Waals surface area contributed by atoms with Crippen molar-refractivity contribution in [2.45, 2.75) is 47.1 Å². The van der Waals surface area contributed by atoms with Gasteiger partial charge in [-0.05, 0) is 30.2 Å². The Balaban J connectivity index is 2.29. The Kier molecular flexibility index (Phi) is 3.68. The molecule has 94 valence electrons. The Hall–Kier alpha value is -0.570. The molecule has 0 bridgehead atoms. The minimum Gasteiger partial charge on any atom is -0.469 e. The number of carbonyl (C=O) groups excluding carboxylic acids is 1. The molecule has 0 aromatic rings. The summed E-state index contributed by atoms with van der Waals surface area (Å²) in [5.41, 5.74) is 0.815. The highest BCUT2D eigenvalue weighted by Crippen LogP contribution is 2.67. The summed E-state index contributed by atoms with van der Waals surface area (Å²) in [6, 6.07) is 0.194. The summed E-state index contributed by atoms with van der Waals surface area (Å²) in [5.74, 6) is 0.550. The van der Waals surface area contributed by atoms with E-state index in [0.717, 1.165) is 6.54 Å². The number of hydrogen-bond donors (Lipinski definition) is 1. The molecule has 1 fully saturated rings. The zero-order valence-corrected chi connectivity index (χ0v) is 11.4. The van der Waals surface area contributed by atoms with E-state index in [1.54, 1.807) is 0 Å². The molecule has 16 heavy (non-hydrogen) atoms. The van der Waals surface area contributed by atoms with Crippen LogP contribution in [0.25, 0.3) is 0 Å². The Morgan fingerprint density at radius 2 is 1.81 bits per heavy atom. The predicted molar refractivity (Wildman–Crippen MR) is 65.1 cm³/mol. The SMILES string of the molecule is COC(=O)CC(C)NCC1C(C)(C)C1(C)C. The van der Waals surface area contributed by atoms with Gasteiger partial charge in [-0.3, -0.25) is 4.79 Å². The van der Waals surface area contributed by atoms with Gasteiger partial charge in [-0.15, -0.1) is 0 Å². The molecule has 0 saturated heterocycles. The van der Waals surface area contributed by atoms with Crippen LogP contribution in [0.5, 0.6) is 0 Å². The molecule has 1 N–H and O–H groups in total. The van der Waals surface area contributed by atoms with Crippen LogP contribution in [0.15, 0.2) is 0 Å². The van der Waals surface area contributed by atoms with E-state index in [1.165, 1.54) is 7.11 Å². The summed E-state index contributed by atoms with van der Waals surface area (Å²) in [5, 5.41) is 3.42. The molecule has 1 atom stereocenters. The van der Waals surface area contributed by atoms with Crippen LogP contribution >= 0.6 is 0 Å². The lowest BCUT2D eigenvalue weighted by Crippen LogP contribution is -2.31. The third kappa shape index (κ3) is 2.40. The van der Waals surface area contributed by atoms with Gasteiger partial charge in [0, 0.05) is 6.04 Å². The molecule has 0 amide bonds. The van der Waals surface area contributed by atoms with E-state index in [4.69, 9.17) is 0 Å². The van der Waals surface area contributed by atoms with Crippen molar-refractivity contribution in [1.82, 2.24) is 5.32 Å². The van der Waals surface area contributed by atoms with E-state index in [0.29, 0.717) is 23.2 Å². The maximum Gasteiger partial charge on any atom is 0.307 e. The standard InChI is InChI=1S/C13H25NO2/c1-9(7-11(15)16-6)14-8-10-12(2,3)13(10,4)5/h9-10,14H,7-8H2,1-6H3. The summed E-state index contributed by atoms with van der Waals surface area (Å²) >= 11 is 0. The van der Waals surface area contributed by atoms with E-state index in [9.17, 15) is 4.79 Å². The maximum absolute atomic E-state index is 11.1. The first-order valence-corrected chi connectivity index (χ1v) is 6.03. The molecule has 1 unspecified atom stereocenters. The molecule has 1 saturated carbocycles. The molecule has 0 aromatic heterocycles. The Labute approximate surface area is 98.9 Å². The average molecular weight is 227 g/mol. The number of carbonyl (C=O) groups is 1. The molecule has 0 radical (unpaired) electrons. The molecule has 0 aromatic carbocycles. The Morgan fingerprint density at radius 1 is 1.31 bits per heavy atom. The summed E-state index contributed by atoms with van der Waals surface area (Å²) in [4.78, 5) is 11.1. The first-order chi connectivity index (χ1) is 7.23. The number of hydrogen-bond acceptors (Lipinski definition) is 3. The van der Waals surface area contributed by atoms with Crippen molar-refractivity contribution in [3.05, 3.63) is 0 Å². The highest BCUT2D eigenvalue weighted by molar-refractivity contribution is 5.69. The summed E-state index contributed by atoms with van der Waals surface area (Å²) in [6.45, 7) is 12.3. The second-order valence-corrected chi connectivity index (χ2v) is 6.09. The number of esters is 1. The van der Waals surface area contributed by atoms with Crippen LogP contribution in [0.4, 0.5) is 0 Å². The minimum atomic E-state index is -0.144. The first-order valence-electron chi connectivity index (χ1n) is 6.03. The van der Waals surface area contributed by atoms with Gasteiger partial charge in [0.05, 0.1) is 13.5 Å². The monoisotopic (exact) mass is 227 g/mol. The number of ether oxygens (including phenoxy) is 1. The molecule has 0 spiro atoms. The highest BCUT2D eigenvalue weighted by Gasteiger charge is 2.63. The lowest BCUT2D eigenvalue weighted by molar-refractivity contribution is -0.141. The molecule has 3 nitrogen and oxygen atoms in total. The Morgan fingerprint density at radius 3 is 2.19 bits per heavy atom. The van der Waals surface area contributed by atoms with E-state index in [-0.39, 0.29) is 12.0 Å². The van der Waals surface area contributed by atoms with Gasteiger partial charge in [0.15, 0.2) is 0 Å². The van der Waals surface area contributed by atoms with Crippen LogP contribution in [0.1, 0.15) is 41.0 Å². The van der Waals surface area contributed by atoms with E-state index in [2.05, 4.69) is 37.7 Å². The van der Waals surface area contributed by atoms with Crippen molar-refractivity contribution in [2.24, 2.45) is 16.7 Å². The lowest BCUT2D eigenvalue weighted by atomic mass is 10.0. The van der Waals surface area contributed by atoms with Crippen LogP contribution in [0.2, 0.25) is 0 Å². The maximum atomic E-state index is 11.1. The smallest absolute Gasteiger partial charge is 0.307 e. The molecule has 1 aliphatic rings. The zero-order valence-electron chi connectivity index (χ0n) is 11.4. The quantitative estimate of drug-likeness (QED) is 0.732. The van der Waals surface area contributed by atoms with Crippen LogP contribution in [0.3, 0.4) is 0 Å². The molecule has 1 aliphatic carbocycles. The van der Waals surface area contributed by atoms with Crippen molar-refractivity contribution in [3.63, 3.8) is 0 Å². The van der Waals surface area contributed by atoms with Crippen molar-refractivity contribution in [1.29, 1.82) is 0 Å². The average Bonchev–Trinajstić information content (AvgIpc) is 2.54.